The van der Waals surface area contributed by atoms with Crippen LogP contribution in [0.25, 0.3) is 17.0 Å². The van der Waals surface area contributed by atoms with Crippen LogP contribution < -0.4 is 11.1 Å². The highest BCUT2D eigenvalue weighted by molar-refractivity contribution is 5.94. The molecule has 1 aromatic carbocycles. The van der Waals surface area contributed by atoms with Crippen molar-refractivity contribution in [3.8, 4) is 23.2 Å². The van der Waals surface area contributed by atoms with Crippen molar-refractivity contribution in [3.05, 3.63) is 46.5 Å². The number of imidazole rings is 1. The van der Waals surface area contributed by atoms with Crippen molar-refractivity contribution in [1.82, 2.24) is 14.9 Å². The number of hydrogen-bond donors (Lipinski definition) is 3. The van der Waals surface area contributed by atoms with Crippen LogP contribution in [0.5, 0.6) is 0 Å². The summed E-state index contributed by atoms with van der Waals surface area (Å²) in [6, 6.07) is 2.96. The molecule has 0 radical (unpaired) electrons. The third kappa shape index (κ3) is 3.49. The lowest BCUT2D eigenvalue weighted by atomic mass is 9.86. The van der Waals surface area contributed by atoms with E-state index in [9.17, 15) is 19.1 Å². The van der Waals surface area contributed by atoms with Gasteiger partial charge in [-0.2, -0.15) is 0 Å². The van der Waals surface area contributed by atoms with Gasteiger partial charge in [-0.1, -0.05) is 17.9 Å². The first kappa shape index (κ1) is 20.5. The standard InChI is InChI=1S/C24H23FN4O3/c1-24(2,32)6-5-13-9-17-16(10-18(13)25)14-7-15(8-14)29-19(11-27-23(31)12-3-4-12)20(21(26)30)28-22(17)29/h7,9-10,12,15,32H,3-4,8,11H2,1-2H3,(H2,26,30)(H,27,31). The average molecular weight is 434 g/mol. The second kappa shape index (κ2) is 7.04. The van der Waals surface area contributed by atoms with Gasteiger partial charge in [0.1, 0.15) is 17.2 Å². The zero-order valence-electron chi connectivity index (χ0n) is 17.8. The predicted molar refractivity (Wildman–Crippen MR) is 116 cm³/mol. The normalized spacial score (nSPS) is 18.2. The third-order valence-electron chi connectivity index (χ3n) is 5.97. The Hall–Kier alpha value is -3.44. The minimum atomic E-state index is -1.27. The molecule has 0 saturated heterocycles. The smallest absolute Gasteiger partial charge is 0.269 e. The second-order valence-corrected chi connectivity index (χ2v) is 9.11. The van der Waals surface area contributed by atoms with E-state index >= 15 is 0 Å². The number of primary amides is 1. The summed E-state index contributed by atoms with van der Waals surface area (Å²) in [6.45, 7) is 3.19. The molecule has 2 amide bonds. The summed E-state index contributed by atoms with van der Waals surface area (Å²) >= 11 is 0. The Morgan fingerprint density at radius 2 is 2.06 bits per heavy atom. The Morgan fingerprint density at radius 1 is 1.34 bits per heavy atom. The predicted octanol–water partition coefficient (Wildman–Crippen LogP) is 2.28. The van der Waals surface area contributed by atoms with E-state index in [1.54, 1.807) is 6.07 Å². The molecule has 32 heavy (non-hydrogen) atoms. The van der Waals surface area contributed by atoms with E-state index in [1.807, 2.05) is 10.6 Å². The monoisotopic (exact) mass is 434 g/mol. The fourth-order valence-electron chi connectivity index (χ4n) is 4.17. The molecule has 1 saturated carbocycles. The van der Waals surface area contributed by atoms with E-state index in [0.717, 1.165) is 18.4 Å². The number of amides is 2. The first-order valence-corrected chi connectivity index (χ1v) is 10.6. The first-order chi connectivity index (χ1) is 15.1. The summed E-state index contributed by atoms with van der Waals surface area (Å²) in [4.78, 5) is 28.9. The molecule has 1 fully saturated rings. The molecule has 1 unspecified atom stereocenters. The fraction of sp³-hybridized carbons (Fsp3) is 0.375. The van der Waals surface area contributed by atoms with E-state index in [4.69, 9.17) is 5.73 Å². The van der Waals surface area contributed by atoms with E-state index in [1.165, 1.54) is 19.9 Å². The maximum absolute atomic E-state index is 14.8. The molecule has 7 nitrogen and oxygen atoms in total. The number of nitrogens with two attached hydrogens (primary N) is 1. The average Bonchev–Trinajstić information content (AvgIpc) is 3.48. The van der Waals surface area contributed by atoms with Crippen LogP contribution in [0.1, 0.15) is 66.5 Å². The highest BCUT2D eigenvalue weighted by Crippen LogP contribution is 2.48. The molecule has 3 heterocycles. The SMILES string of the molecule is CC(C)(O)C#Cc1cc2c(cc1F)C1=CC(C1)n1c-2nc(C(N)=O)c1CNC(=O)C1CC1. The molecular weight excluding hydrogens is 411 g/mol. The number of carbonyl (C=O) groups is 2. The lowest BCUT2D eigenvalue weighted by molar-refractivity contribution is -0.122. The van der Waals surface area contributed by atoms with Gasteiger partial charge < -0.3 is 20.7 Å². The Balaban J connectivity index is 1.64. The molecule has 2 bridgehead atoms. The Kier molecular flexibility index (Phi) is 4.50. The number of aromatic nitrogens is 2. The van der Waals surface area contributed by atoms with Gasteiger partial charge in [-0.15, -0.1) is 0 Å². The molecule has 1 atom stereocenters. The zero-order valence-corrected chi connectivity index (χ0v) is 17.8. The maximum Gasteiger partial charge on any atom is 0.269 e. The summed E-state index contributed by atoms with van der Waals surface area (Å²) < 4.78 is 16.7. The van der Waals surface area contributed by atoms with Crippen LogP contribution in [-0.4, -0.2) is 32.1 Å². The van der Waals surface area contributed by atoms with Crippen LogP contribution in [0.15, 0.2) is 18.2 Å². The highest BCUT2D eigenvalue weighted by atomic mass is 19.1. The van der Waals surface area contributed by atoms with Crippen molar-refractivity contribution in [2.24, 2.45) is 11.7 Å². The summed E-state index contributed by atoms with van der Waals surface area (Å²) in [7, 11) is 0. The minimum absolute atomic E-state index is 0.0364. The van der Waals surface area contributed by atoms with Crippen LogP contribution in [0.2, 0.25) is 0 Å². The van der Waals surface area contributed by atoms with Crippen molar-refractivity contribution in [3.63, 3.8) is 0 Å². The number of nitrogens with zero attached hydrogens (tertiary/aromatic N) is 2. The van der Waals surface area contributed by atoms with Crippen molar-refractivity contribution in [1.29, 1.82) is 0 Å². The number of allylic oxidation sites excluding steroid dienone is 2. The van der Waals surface area contributed by atoms with Crippen LogP contribution >= 0.6 is 0 Å². The second-order valence-electron chi connectivity index (χ2n) is 9.11. The van der Waals surface area contributed by atoms with E-state index < -0.39 is 17.3 Å². The molecular formula is C24H23FN4O3. The zero-order chi connectivity index (χ0) is 22.8. The molecule has 1 aromatic heterocycles. The topological polar surface area (TPSA) is 110 Å². The van der Waals surface area contributed by atoms with Gasteiger partial charge in [-0.05, 0) is 56.4 Å². The molecule has 6 rings (SSSR count). The van der Waals surface area contributed by atoms with E-state index in [-0.39, 0.29) is 35.7 Å². The number of benzene rings is 1. The van der Waals surface area contributed by atoms with Crippen molar-refractivity contribution >= 4 is 17.4 Å². The summed E-state index contributed by atoms with van der Waals surface area (Å²) in [6.07, 6.45) is 4.42. The minimum Gasteiger partial charge on any atom is -0.378 e. The van der Waals surface area contributed by atoms with Crippen molar-refractivity contribution < 1.29 is 19.1 Å². The van der Waals surface area contributed by atoms with Gasteiger partial charge in [0, 0.05) is 11.5 Å². The van der Waals surface area contributed by atoms with Crippen LogP contribution in [-0.2, 0) is 11.3 Å². The van der Waals surface area contributed by atoms with E-state index in [2.05, 4.69) is 22.1 Å². The molecule has 8 heteroatoms. The van der Waals surface area contributed by atoms with Gasteiger partial charge in [0.2, 0.25) is 5.91 Å². The van der Waals surface area contributed by atoms with Crippen molar-refractivity contribution in [2.45, 2.75) is 51.3 Å². The molecule has 2 aromatic rings. The summed E-state index contributed by atoms with van der Waals surface area (Å²) in [5.41, 5.74) is 7.44. The van der Waals surface area contributed by atoms with Crippen LogP contribution in [0.4, 0.5) is 4.39 Å². The number of hydrogen-bond acceptors (Lipinski definition) is 4. The quantitative estimate of drug-likeness (QED) is 0.641. The Labute approximate surface area is 184 Å². The van der Waals surface area contributed by atoms with Gasteiger partial charge in [0.05, 0.1) is 23.8 Å². The summed E-state index contributed by atoms with van der Waals surface area (Å²) in [5.74, 6) is 4.65. The Morgan fingerprint density at radius 3 is 2.69 bits per heavy atom. The summed E-state index contributed by atoms with van der Waals surface area (Å²) in [5, 5.41) is 12.8. The van der Waals surface area contributed by atoms with Gasteiger partial charge in [0.25, 0.3) is 5.91 Å². The Bertz CT molecular complexity index is 1270. The molecule has 164 valence electrons. The number of halogens is 1. The largest absolute Gasteiger partial charge is 0.378 e. The van der Waals surface area contributed by atoms with Gasteiger partial charge in [-0.25, -0.2) is 9.37 Å². The molecule has 4 N–H and O–H groups in total. The van der Waals surface area contributed by atoms with Gasteiger partial charge >= 0.3 is 0 Å². The van der Waals surface area contributed by atoms with Gasteiger partial charge in [0.15, 0.2) is 5.69 Å². The van der Waals surface area contributed by atoms with Crippen LogP contribution in [0, 0.1) is 23.6 Å². The molecule has 4 aliphatic rings. The maximum atomic E-state index is 14.8. The number of nitrogens with one attached hydrogen (secondary N) is 1. The number of carbonyl (C=O) groups excluding carboxylic acids is 2. The fourth-order valence-corrected chi connectivity index (χ4v) is 4.17. The lowest BCUT2D eigenvalue weighted by Crippen LogP contribution is -2.28. The molecule has 0 spiro atoms. The van der Waals surface area contributed by atoms with Crippen LogP contribution in [0.3, 0.4) is 0 Å². The number of rotatable bonds is 4. The lowest BCUT2D eigenvalue weighted by Gasteiger charge is -2.26. The third-order valence-corrected chi connectivity index (χ3v) is 5.97. The van der Waals surface area contributed by atoms with E-state index in [0.29, 0.717) is 29.1 Å². The van der Waals surface area contributed by atoms with Crippen molar-refractivity contribution in [2.75, 3.05) is 0 Å². The highest BCUT2D eigenvalue weighted by Gasteiger charge is 2.37. The number of aliphatic hydroxyl groups is 1. The molecule has 2 aliphatic carbocycles. The first-order valence-electron chi connectivity index (χ1n) is 10.6. The molecule has 2 aliphatic heterocycles. The van der Waals surface area contributed by atoms with Gasteiger partial charge in [-0.3, -0.25) is 9.59 Å².